The van der Waals surface area contributed by atoms with Crippen LogP contribution in [0.5, 0.6) is 5.75 Å². The molecule has 0 radical (unpaired) electrons. The molecule has 1 amide bonds. The first-order valence-electron chi connectivity index (χ1n) is 4.08. The van der Waals surface area contributed by atoms with Crippen LogP contribution in [-0.2, 0) is 4.79 Å². The van der Waals surface area contributed by atoms with E-state index in [4.69, 9.17) is 10.5 Å². The molecular weight excluding hydrogens is 248 g/mol. The van der Waals surface area contributed by atoms with Crippen molar-refractivity contribution in [2.24, 2.45) is 0 Å². The normalized spacial score (nSPS) is 15.0. The van der Waals surface area contributed by atoms with E-state index in [2.05, 4.69) is 15.9 Å². The third-order valence-electron chi connectivity index (χ3n) is 2.13. The predicted molar refractivity (Wildman–Crippen MR) is 57.5 cm³/mol. The average Bonchev–Trinajstić information content (AvgIpc) is 2.10. The summed E-state index contributed by atoms with van der Waals surface area (Å²) in [4.78, 5) is 12.8. The summed E-state index contributed by atoms with van der Waals surface area (Å²) in [7, 11) is 1.69. The molecule has 14 heavy (non-hydrogen) atoms. The lowest BCUT2D eigenvalue weighted by molar-refractivity contribution is -0.120. The molecule has 74 valence electrons. The number of halogens is 1. The Kier molecular flexibility index (Phi) is 2.11. The van der Waals surface area contributed by atoms with Crippen molar-refractivity contribution < 1.29 is 9.53 Å². The Bertz CT molecular complexity index is 406. The van der Waals surface area contributed by atoms with Gasteiger partial charge in [-0.2, -0.15) is 0 Å². The van der Waals surface area contributed by atoms with Crippen LogP contribution in [0.4, 0.5) is 11.4 Å². The van der Waals surface area contributed by atoms with Gasteiger partial charge in [-0.05, 0) is 12.1 Å². The Labute approximate surface area is 89.8 Å². The summed E-state index contributed by atoms with van der Waals surface area (Å²) in [5.41, 5.74) is 6.97. The minimum Gasteiger partial charge on any atom is -0.481 e. The van der Waals surface area contributed by atoms with E-state index in [-0.39, 0.29) is 12.5 Å². The molecule has 0 aromatic heterocycles. The third kappa shape index (κ3) is 1.33. The number of nitrogens with two attached hydrogens (primary N) is 1. The SMILES string of the molecule is CN1C(=O)COc2cc(Br)cc(N)c21. The smallest absolute Gasteiger partial charge is 0.264 e. The van der Waals surface area contributed by atoms with Crippen molar-refractivity contribution in [1.29, 1.82) is 0 Å². The Morgan fingerprint density at radius 3 is 3.00 bits per heavy atom. The lowest BCUT2D eigenvalue weighted by Crippen LogP contribution is -2.36. The number of carbonyl (C=O) groups excluding carboxylic acids is 1. The molecule has 2 N–H and O–H groups in total. The van der Waals surface area contributed by atoms with Crippen molar-refractivity contribution >= 4 is 33.2 Å². The van der Waals surface area contributed by atoms with E-state index in [1.54, 1.807) is 19.2 Å². The van der Waals surface area contributed by atoms with Crippen LogP contribution >= 0.6 is 15.9 Å². The van der Waals surface area contributed by atoms with Crippen molar-refractivity contribution in [2.45, 2.75) is 0 Å². The van der Waals surface area contributed by atoms with Gasteiger partial charge in [0.2, 0.25) is 0 Å². The molecule has 4 nitrogen and oxygen atoms in total. The fourth-order valence-corrected chi connectivity index (χ4v) is 1.88. The van der Waals surface area contributed by atoms with Gasteiger partial charge in [-0.15, -0.1) is 0 Å². The van der Waals surface area contributed by atoms with Crippen LogP contribution in [-0.4, -0.2) is 19.6 Å². The fraction of sp³-hybridized carbons (Fsp3) is 0.222. The molecule has 0 aliphatic carbocycles. The number of anilines is 2. The molecule has 0 saturated carbocycles. The van der Waals surface area contributed by atoms with Crippen molar-refractivity contribution in [3.63, 3.8) is 0 Å². The molecule has 2 rings (SSSR count). The highest BCUT2D eigenvalue weighted by Crippen LogP contribution is 2.38. The number of fused-ring (bicyclic) bond motifs is 1. The number of amides is 1. The monoisotopic (exact) mass is 256 g/mol. The molecule has 0 saturated heterocycles. The number of rotatable bonds is 0. The molecule has 1 aromatic carbocycles. The molecule has 1 aromatic rings. The van der Waals surface area contributed by atoms with E-state index in [1.807, 2.05) is 0 Å². The van der Waals surface area contributed by atoms with Crippen LogP contribution in [0.2, 0.25) is 0 Å². The van der Waals surface area contributed by atoms with E-state index < -0.39 is 0 Å². The standard InChI is InChI=1S/C9H9BrN2O2/c1-12-8(13)4-14-7-3-5(10)2-6(11)9(7)12/h2-3H,4,11H2,1H3. The van der Waals surface area contributed by atoms with Gasteiger partial charge in [0.1, 0.15) is 11.4 Å². The van der Waals surface area contributed by atoms with Gasteiger partial charge in [-0.1, -0.05) is 15.9 Å². The largest absolute Gasteiger partial charge is 0.481 e. The number of nitrogen functional groups attached to an aromatic ring is 1. The van der Waals surface area contributed by atoms with Crippen LogP contribution in [0, 0.1) is 0 Å². The summed E-state index contributed by atoms with van der Waals surface area (Å²) in [6.45, 7) is 0.0688. The van der Waals surface area contributed by atoms with Crippen molar-refractivity contribution in [2.75, 3.05) is 24.3 Å². The van der Waals surface area contributed by atoms with Crippen molar-refractivity contribution in [1.82, 2.24) is 0 Å². The maximum Gasteiger partial charge on any atom is 0.264 e. The van der Waals surface area contributed by atoms with Gasteiger partial charge in [0, 0.05) is 11.5 Å². The van der Waals surface area contributed by atoms with Gasteiger partial charge >= 0.3 is 0 Å². The van der Waals surface area contributed by atoms with Gasteiger partial charge < -0.3 is 15.4 Å². The summed E-state index contributed by atoms with van der Waals surface area (Å²) >= 11 is 3.31. The number of nitrogens with zero attached hydrogens (tertiary/aromatic N) is 1. The number of hydrogen-bond donors (Lipinski definition) is 1. The molecule has 1 aliphatic rings. The molecule has 0 unspecified atom stereocenters. The maximum atomic E-state index is 11.3. The van der Waals surface area contributed by atoms with Crippen LogP contribution in [0.25, 0.3) is 0 Å². The number of benzene rings is 1. The highest BCUT2D eigenvalue weighted by atomic mass is 79.9. The number of hydrogen-bond acceptors (Lipinski definition) is 3. The highest BCUT2D eigenvalue weighted by molar-refractivity contribution is 9.10. The maximum absolute atomic E-state index is 11.3. The first kappa shape index (κ1) is 9.33. The second kappa shape index (κ2) is 3.16. The third-order valence-corrected chi connectivity index (χ3v) is 2.59. The average molecular weight is 257 g/mol. The molecule has 1 aliphatic heterocycles. The molecule has 5 heteroatoms. The zero-order valence-electron chi connectivity index (χ0n) is 7.58. The Morgan fingerprint density at radius 1 is 1.57 bits per heavy atom. The number of ether oxygens (including phenoxy) is 1. The molecule has 0 bridgehead atoms. The highest BCUT2D eigenvalue weighted by Gasteiger charge is 2.24. The van der Waals surface area contributed by atoms with Crippen LogP contribution in [0.3, 0.4) is 0 Å². The summed E-state index contributed by atoms with van der Waals surface area (Å²) in [6.07, 6.45) is 0. The zero-order chi connectivity index (χ0) is 10.3. The molecule has 1 heterocycles. The first-order chi connectivity index (χ1) is 6.59. The summed E-state index contributed by atoms with van der Waals surface area (Å²) in [5, 5.41) is 0. The fourth-order valence-electron chi connectivity index (χ4n) is 1.42. The van der Waals surface area contributed by atoms with E-state index in [0.717, 1.165) is 4.47 Å². The Hall–Kier alpha value is -1.23. The summed E-state index contributed by atoms with van der Waals surface area (Å²) in [6, 6.07) is 3.55. The Balaban J connectivity index is 2.60. The van der Waals surface area contributed by atoms with E-state index in [1.165, 1.54) is 4.90 Å². The van der Waals surface area contributed by atoms with Crippen LogP contribution in [0.15, 0.2) is 16.6 Å². The lowest BCUT2D eigenvalue weighted by Gasteiger charge is -2.27. The molecule has 0 atom stereocenters. The van der Waals surface area contributed by atoms with Crippen molar-refractivity contribution in [3.05, 3.63) is 16.6 Å². The minimum atomic E-state index is -0.0912. The summed E-state index contributed by atoms with van der Waals surface area (Å²) < 4.78 is 6.11. The number of carbonyl (C=O) groups is 1. The second-order valence-corrected chi connectivity index (χ2v) is 4.00. The lowest BCUT2D eigenvalue weighted by atomic mass is 10.2. The summed E-state index contributed by atoms with van der Waals surface area (Å²) in [5.74, 6) is 0.547. The Morgan fingerprint density at radius 2 is 2.29 bits per heavy atom. The predicted octanol–water partition coefficient (Wildman–Crippen LogP) is 1.39. The van der Waals surface area contributed by atoms with Crippen LogP contribution < -0.4 is 15.4 Å². The van der Waals surface area contributed by atoms with Gasteiger partial charge in [0.15, 0.2) is 6.61 Å². The molecule has 0 fully saturated rings. The van der Waals surface area contributed by atoms with Gasteiger partial charge in [0.05, 0.1) is 5.69 Å². The molecular formula is C9H9BrN2O2. The van der Waals surface area contributed by atoms with Crippen LogP contribution in [0.1, 0.15) is 0 Å². The quantitative estimate of drug-likeness (QED) is 0.714. The van der Waals surface area contributed by atoms with Gasteiger partial charge in [0.25, 0.3) is 5.91 Å². The van der Waals surface area contributed by atoms with Crippen molar-refractivity contribution in [3.8, 4) is 5.75 Å². The van der Waals surface area contributed by atoms with E-state index >= 15 is 0 Å². The number of likely N-dealkylation sites (N-methyl/N-ethyl adjacent to an activating group) is 1. The van der Waals surface area contributed by atoms with Gasteiger partial charge in [-0.3, -0.25) is 4.79 Å². The topological polar surface area (TPSA) is 55.6 Å². The minimum absolute atomic E-state index is 0.0688. The van der Waals surface area contributed by atoms with E-state index in [0.29, 0.717) is 17.1 Å². The van der Waals surface area contributed by atoms with E-state index in [9.17, 15) is 4.79 Å². The van der Waals surface area contributed by atoms with Gasteiger partial charge in [-0.25, -0.2) is 0 Å². The second-order valence-electron chi connectivity index (χ2n) is 3.08. The first-order valence-corrected chi connectivity index (χ1v) is 4.87. The zero-order valence-corrected chi connectivity index (χ0v) is 9.17. The molecule has 0 spiro atoms.